The molecule has 0 radical (unpaired) electrons. The minimum atomic E-state index is -3.95. The highest BCUT2D eigenvalue weighted by molar-refractivity contribution is 7.92. The lowest BCUT2D eigenvalue weighted by Gasteiger charge is -2.34. The van der Waals surface area contributed by atoms with Crippen LogP contribution in [0.4, 0.5) is 5.69 Å². The van der Waals surface area contributed by atoms with Crippen LogP contribution in [0.3, 0.4) is 0 Å². The van der Waals surface area contributed by atoms with Crippen molar-refractivity contribution in [2.75, 3.05) is 24.0 Å². The second-order valence-corrected chi connectivity index (χ2v) is 10.5. The number of hydrogen-bond donors (Lipinski definition) is 1. The predicted octanol–water partition coefficient (Wildman–Crippen LogP) is 4.64. The SMILES string of the molecule is O=C(NCCOc1ccc2ccccc2c1)[C@H]1CN(S(=O)(=O)c2ccc(Cl)cc2)c2ccccc2O1. The van der Waals surface area contributed by atoms with E-state index < -0.39 is 22.0 Å². The van der Waals surface area contributed by atoms with Crippen molar-refractivity contribution in [1.29, 1.82) is 0 Å². The predicted molar refractivity (Wildman–Crippen MR) is 139 cm³/mol. The van der Waals surface area contributed by atoms with Gasteiger partial charge in [0.1, 0.15) is 18.1 Å². The summed E-state index contributed by atoms with van der Waals surface area (Å²) in [5, 5.41) is 5.39. The van der Waals surface area contributed by atoms with Gasteiger partial charge in [-0.1, -0.05) is 54.1 Å². The van der Waals surface area contributed by atoms with Crippen LogP contribution in [0.15, 0.2) is 95.9 Å². The minimum absolute atomic E-state index is 0.0755. The number of ether oxygens (including phenoxy) is 2. The van der Waals surface area contributed by atoms with Crippen molar-refractivity contribution in [2.45, 2.75) is 11.0 Å². The van der Waals surface area contributed by atoms with Crippen LogP contribution >= 0.6 is 11.6 Å². The number of anilines is 1. The van der Waals surface area contributed by atoms with Crippen LogP contribution in [0.1, 0.15) is 0 Å². The van der Waals surface area contributed by atoms with Crippen LogP contribution in [0.2, 0.25) is 5.02 Å². The zero-order valence-electron chi connectivity index (χ0n) is 19.1. The minimum Gasteiger partial charge on any atom is -0.492 e. The van der Waals surface area contributed by atoms with Gasteiger partial charge in [-0.3, -0.25) is 9.10 Å². The number of rotatable bonds is 7. The van der Waals surface area contributed by atoms with Gasteiger partial charge in [0.2, 0.25) is 0 Å². The standard InChI is InChI=1S/C27H23ClN2O5S/c28-21-10-13-23(14-11-21)36(32,33)30-18-26(35-25-8-4-3-7-24(25)30)27(31)29-15-16-34-22-12-9-19-5-1-2-6-20(19)17-22/h1-14,17,26H,15-16,18H2,(H,29,31)/t26-/m1/s1. The molecule has 5 rings (SSSR count). The van der Waals surface area contributed by atoms with Crippen LogP contribution in [0.25, 0.3) is 10.8 Å². The van der Waals surface area contributed by atoms with Gasteiger partial charge in [-0.15, -0.1) is 0 Å². The van der Waals surface area contributed by atoms with Crippen molar-refractivity contribution in [3.05, 3.63) is 96.0 Å². The first kappa shape index (κ1) is 24.0. The summed E-state index contributed by atoms with van der Waals surface area (Å²) in [5.74, 6) is 0.586. The first-order chi connectivity index (χ1) is 17.4. The smallest absolute Gasteiger partial charge is 0.264 e. The Bertz CT molecular complexity index is 1510. The Morgan fingerprint density at radius 1 is 0.972 bits per heavy atom. The van der Waals surface area contributed by atoms with E-state index in [1.54, 1.807) is 24.3 Å². The molecule has 9 heteroatoms. The summed E-state index contributed by atoms with van der Waals surface area (Å²) in [4.78, 5) is 13.0. The van der Waals surface area contributed by atoms with E-state index in [0.29, 0.717) is 22.2 Å². The number of amides is 1. The fourth-order valence-corrected chi connectivity index (χ4v) is 5.62. The Morgan fingerprint density at radius 3 is 2.50 bits per heavy atom. The van der Waals surface area contributed by atoms with E-state index in [2.05, 4.69) is 5.32 Å². The van der Waals surface area contributed by atoms with Gasteiger partial charge in [0.15, 0.2) is 6.10 Å². The fraction of sp³-hybridized carbons (Fsp3) is 0.148. The van der Waals surface area contributed by atoms with Gasteiger partial charge in [-0.25, -0.2) is 8.42 Å². The van der Waals surface area contributed by atoms with E-state index in [0.717, 1.165) is 10.8 Å². The van der Waals surface area contributed by atoms with Crippen molar-refractivity contribution in [3.63, 3.8) is 0 Å². The summed E-state index contributed by atoms with van der Waals surface area (Å²) >= 11 is 5.93. The molecule has 1 N–H and O–H groups in total. The third kappa shape index (κ3) is 4.96. The molecule has 0 saturated heterocycles. The summed E-state index contributed by atoms with van der Waals surface area (Å²) < 4.78 is 39.7. The van der Waals surface area contributed by atoms with Gasteiger partial charge < -0.3 is 14.8 Å². The van der Waals surface area contributed by atoms with E-state index in [4.69, 9.17) is 21.1 Å². The maximum absolute atomic E-state index is 13.4. The van der Waals surface area contributed by atoms with E-state index in [1.807, 2.05) is 42.5 Å². The number of carbonyl (C=O) groups is 1. The fourth-order valence-electron chi connectivity index (χ4n) is 4.01. The van der Waals surface area contributed by atoms with E-state index in [-0.39, 0.29) is 24.6 Å². The molecular weight excluding hydrogens is 500 g/mol. The van der Waals surface area contributed by atoms with E-state index in [1.165, 1.54) is 28.6 Å². The van der Waals surface area contributed by atoms with E-state index in [9.17, 15) is 13.2 Å². The molecule has 4 aromatic rings. The van der Waals surface area contributed by atoms with Crippen LogP contribution in [0, 0.1) is 0 Å². The molecule has 184 valence electrons. The maximum Gasteiger partial charge on any atom is 0.264 e. The maximum atomic E-state index is 13.4. The molecule has 1 aliphatic rings. The van der Waals surface area contributed by atoms with Gasteiger partial charge in [-0.2, -0.15) is 0 Å². The van der Waals surface area contributed by atoms with Gasteiger partial charge in [-0.05, 0) is 59.3 Å². The number of carbonyl (C=O) groups excluding carboxylic acids is 1. The van der Waals surface area contributed by atoms with Gasteiger partial charge in [0, 0.05) is 5.02 Å². The Morgan fingerprint density at radius 2 is 1.69 bits per heavy atom. The van der Waals surface area contributed by atoms with Gasteiger partial charge in [0.25, 0.3) is 15.9 Å². The number of para-hydroxylation sites is 2. The van der Waals surface area contributed by atoms with Crippen LogP contribution < -0.4 is 19.1 Å². The lowest BCUT2D eigenvalue weighted by molar-refractivity contribution is -0.127. The van der Waals surface area contributed by atoms with Crippen LogP contribution in [-0.2, 0) is 14.8 Å². The summed E-state index contributed by atoms with van der Waals surface area (Å²) in [6, 6.07) is 26.4. The molecule has 1 aliphatic heterocycles. The molecule has 1 heterocycles. The highest BCUT2D eigenvalue weighted by atomic mass is 35.5. The summed E-state index contributed by atoms with van der Waals surface area (Å²) in [7, 11) is -3.95. The number of halogens is 1. The van der Waals surface area contributed by atoms with Crippen molar-refractivity contribution in [1.82, 2.24) is 5.32 Å². The molecule has 0 spiro atoms. The molecule has 0 bridgehead atoms. The summed E-state index contributed by atoms with van der Waals surface area (Å²) in [6.45, 7) is 0.316. The third-order valence-electron chi connectivity index (χ3n) is 5.82. The molecule has 4 aromatic carbocycles. The highest BCUT2D eigenvalue weighted by Crippen LogP contribution is 2.37. The summed E-state index contributed by atoms with van der Waals surface area (Å²) in [6.07, 6.45) is -1.03. The number of benzene rings is 4. The second kappa shape index (κ2) is 10.1. The Labute approximate surface area is 214 Å². The van der Waals surface area contributed by atoms with Gasteiger partial charge in [0.05, 0.1) is 23.7 Å². The first-order valence-electron chi connectivity index (χ1n) is 11.4. The Kier molecular flexibility index (Phi) is 6.71. The van der Waals surface area contributed by atoms with Gasteiger partial charge >= 0.3 is 0 Å². The Balaban J connectivity index is 1.26. The summed E-state index contributed by atoms with van der Waals surface area (Å²) in [5.41, 5.74) is 0.371. The number of nitrogens with one attached hydrogen (secondary N) is 1. The molecule has 0 aromatic heterocycles. The molecular formula is C27H23ClN2O5S. The van der Waals surface area contributed by atoms with Crippen molar-refractivity contribution in [3.8, 4) is 11.5 Å². The number of fused-ring (bicyclic) bond motifs is 2. The number of hydrogen-bond acceptors (Lipinski definition) is 5. The molecule has 36 heavy (non-hydrogen) atoms. The zero-order chi connectivity index (χ0) is 25.1. The Hall–Kier alpha value is -3.75. The second-order valence-electron chi connectivity index (χ2n) is 8.21. The van der Waals surface area contributed by atoms with Crippen molar-refractivity contribution < 1.29 is 22.7 Å². The molecule has 1 amide bonds. The van der Waals surface area contributed by atoms with Crippen LogP contribution in [-0.4, -0.2) is 40.1 Å². The van der Waals surface area contributed by atoms with Crippen molar-refractivity contribution in [2.24, 2.45) is 0 Å². The molecule has 0 fully saturated rings. The van der Waals surface area contributed by atoms with E-state index >= 15 is 0 Å². The largest absolute Gasteiger partial charge is 0.492 e. The number of nitrogens with zero attached hydrogens (tertiary/aromatic N) is 1. The molecule has 1 atom stereocenters. The molecule has 0 aliphatic carbocycles. The third-order valence-corrected chi connectivity index (χ3v) is 7.87. The number of sulfonamides is 1. The normalized spacial score (nSPS) is 15.1. The topological polar surface area (TPSA) is 84.9 Å². The monoisotopic (exact) mass is 522 g/mol. The molecule has 0 unspecified atom stereocenters. The first-order valence-corrected chi connectivity index (χ1v) is 13.2. The highest BCUT2D eigenvalue weighted by Gasteiger charge is 2.37. The molecule has 0 saturated carbocycles. The zero-order valence-corrected chi connectivity index (χ0v) is 20.7. The average Bonchev–Trinajstić information content (AvgIpc) is 2.90. The lowest BCUT2D eigenvalue weighted by Crippen LogP contribution is -2.51. The average molecular weight is 523 g/mol. The van der Waals surface area contributed by atoms with Crippen molar-refractivity contribution >= 4 is 44.0 Å². The molecule has 7 nitrogen and oxygen atoms in total. The lowest BCUT2D eigenvalue weighted by atomic mass is 10.1. The van der Waals surface area contributed by atoms with Crippen LogP contribution in [0.5, 0.6) is 11.5 Å². The quantitative estimate of drug-likeness (QED) is 0.357.